The van der Waals surface area contributed by atoms with Crippen LogP contribution in [0.2, 0.25) is 10.0 Å². The van der Waals surface area contributed by atoms with Crippen molar-refractivity contribution >= 4 is 135 Å². The van der Waals surface area contributed by atoms with Crippen LogP contribution in [0.1, 0.15) is 135 Å². The molecule has 10 heterocycles. The fourth-order valence-corrected chi connectivity index (χ4v) is 24.2. The molecule has 684 valence electrons. The number of H-pyrrole nitrogens is 2. The number of thioether (sulfide) groups is 2. The number of piperidine rings is 1. The average molecular weight is 1880 g/mol. The Morgan fingerprint density at radius 3 is 1.40 bits per heavy atom. The van der Waals surface area contributed by atoms with E-state index < -0.39 is 41.7 Å². The van der Waals surface area contributed by atoms with Crippen LogP contribution in [0, 0.1) is 42.9 Å². The van der Waals surface area contributed by atoms with Gasteiger partial charge in [0, 0.05) is 199 Å². The molecular weight excluding hydrogens is 1770 g/mol. The Morgan fingerprint density at radius 1 is 0.523 bits per heavy atom. The van der Waals surface area contributed by atoms with Crippen LogP contribution in [0.3, 0.4) is 0 Å². The Hall–Kier alpha value is -9.90. The number of sulfonamides is 2. The molecule has 10 aromatic rings. The molecule has 2 atom stereocenters. The maximum Gasteiger partial charge on any atom is 0.275 e. The lowest BCUT2D eigenvalue weighted by atomic mass is 9.72. The zero-order valence-electron chi connectivity index (χ0n) is 74.0. The van der Waals surface area contributed by atoms with Gasteiger partial charge in [-0.1, -0.05) is 92.7 Å². The number of ether oxygens (including phenoxy) is 2. The number of nitro benzene ring substituents is 2. The first kappa shape index (κ1) is 92.0. The predicted octanol–water partition coefficient (Wildman–Crippen LogP) is 18.3. The lowest BCUT2D eigenvalue weighted by Gasteiger charge is -2.39. The first-order valence-electron chi connectivity index (χ1n) is 45.0. The van der Waals surface area contributed by atoms with E-state index in [4.69, 9.17) is 32.7 Å². The SMILES string of the molecule is CC1(C)CCC(CN2CCN(c3ccc(C(=O)NS(=O)(=O)c4cc5c(c([N+](=O)[O-])c4)C[C@H](CCN4CCCCC4)CS5)c(Oc4cnc5[nH]ccc5c4)c3)CC2)=C(c2ccc(Cl)cc2)C1.CN1CCN(C[C@@H]2CSc3cc(S(=O)(=O)NC(=O)c4ccc(N5CCN(CC6=C(c7ccc(Cl)cc7)CC(C)(C)CC6)CC5)cc4Oc4cnc5[nH]ccc5c4)cc([N+](=O)[O-])c3C2)CC1. The number of likely N-dealkylation sites (tertiary alicyclic amines) is 1. The van der Waals surface area contributed by atoms with Gasteiger partial charge in [-0.2, -0.15) is 0 Å². The minimum absolute atomic E-state index is 0.00889. The summed E-state index contributed by atoms with van der Waals surface area (Å²) in [7, 11) is -7.00. The Bertz CT molecular complexity index is 6220. The summed E-state index contributed by atoms with van der Waals surface area (Å²) >= 11 is 15.4. The largest absolute Gasteiger partial charge is 0.455 e. The standard InChI is InChI=1S/C49H56ClN7O6S2.C48H55ClN8O6S2/c1-49(2)15-12-36(43(29-49)34-6-8-37(50)9-7-34)31-55-20-22-56(23-21-55)38-10-11-41(45(26-38)63-39-25-35-13-16-51-47(35)52-30-39)48(58)53-65(61,62)40-27-44(57(59)60)42-24-33(32-64-46(42)28-40)14-19-54-17-4-3-5-18-54;1-48(2)12-10-35(42(27-48)33-4-6-36(49)7-5-33)30-55-18-20-56(21-19-55)37-8-9-40(44(24-37)63-38-23-34-11-13-50-46(34)51-28-38)47(58)52-65(61,62)39-25-43(57(59)60)41-22-32(31-64-45(41)26-39)29-54-16-14-53(3)15-17-54/h6-11,13,16,25-28,30,33H,3-5,12,14-15,17-24,29,31-32H2,1-2H3,(H,51,52)(H,53,58);4-9,11,13,23-26,28,32H,10,12,14-22,27,29-31H2,1-3H3,(H,50,51)(H,52,58)/t33-;32-/m01/s1. The molecule has 6 aliphatic heterocycles. The number of nitrogens with one attached hydrogen (secondary N) is 4. The maximum atomic E-state index is 14.1. The van der Waals surface area contributed by atoms with Crippen LogP contribution in [0.4, 0.5) is 22.7 Å². The van der Waals surface area contributed by atoms with Crippen LogP contribution >= 0.6 is 46.7 Å². The van der Waals surface area contributed by atoms with Gasteiger partial charge in [-0.3, -0.25) is 39.6 Å². The highest BCUT2D eigenvalue weighted by Crippen LogP contribution is 2.48. The van der Waals surface area contributed by atoms with Crippen LogP contribution in [-0.4, -0.2) is 219 Å². The number of anilines is 2. The van der Waals surface area contributed by atoms with Gasteiger partial charge in [0.15, 0.2) is 0 Å². The van der Waals surface area contributed by atoms with Gasteiger partial charge in [0.1, 0.15) is 34.3 Å². The second-order valence-electron chi connectivity index (χ2n) is 37.4. The van der Waals surface area contributed by atoms with E-state index in [9.17, 15) is 46.7 Å². The quantitative estimate of drug-likeness (QED) is 0.0305. The summed E-state index contributed by atoms with van der Waals surface area (Å²) in [5.74, 6) is 1.07. The van der Waals surface area contributed by atoms with Gasteiger partial charge >= 0.3 is 0 Å². The van der Waals surface area contributed by atoms with Gasteiger partial charge in [0.2, 0.25) is 0 Å². The van der Waals surface area contributed by atoms with Crippen LogP contribution in [0.25, 0.3) is 33.2 Å². The van der Waals surface area contributed by atoms with Gasteiger partial charge in [-0.25, -0.2) is 36.2 Å². The van der Waals surface area contributed by atoms with E-state index >= 15 is 0 Å². The minimum atomic E-state index is -4.56. The van der Waals surface area contributed by atoms with Crippen molar-refractivity contribution in [1.82, 2.24) is 53.9 Å². The highest BCUT2D eigenvalue weighted by molar-refractivity contribution is 7.99. The molecule has 8 aliphatic rings. The van der Waals surface area contributed by atoms with Crippen molar-refractivity contribution in [2.45, 2.75) is 124 Å². The zero-order valence-corrected chi connectivity index (χ0v) is 78.8. The summed E-state index contributed by atoms with van der Waals surface area (Å²) in [6.45, 7) is 25.2. The summed E-state index contributed by atoms with van der Waals surface area (Å²) in [6, 6.07) is 39.1. The van der Waals surface area contributed by atoms with Gasteiger partial charge in [0.05, 0.1) is 43.2 Å². The number of fused-ring (bicyclic) bond motifs is 4. The molecule has 0 saturated carbocycles. The summed E-state index contributed by atoms with van der Waals surface area (Å²) < 4.78 is 73.1. The molecule has 0 bridgehead atoms. The number of nitro groups is 2. The molecule has 0 spiro atoms. The van der Waals surface area contributed by atoms with E-state index in [2.05, 4.69) is 123 Å². The van der Waals surface area contributed by atoms with Gasteiger partial charge < -0.3 is 43.9 Å². The molecule has 4 aromatic heterocycles. The molecule has 4 N–H and O–H groups in total. The van der Waals surface area contributed by atoms with E-state index in [0.29, 0.717) is 62.3 Å². The number of rotatable bonds is 25. The molecule has 6 aromatic carbocycles. The Labute approximate surface area is 777 Å². The molecule has 4 fully saturated rings. The van der Waals surface area contributed by atoms with Crippen LogP contribution in [0.5, 0.6) is 23.0 Å². The van der Waals surface area contributed by atoms with E-state index in [1.165, 1.54) is 88.3 Å². The number of pyridine rings is 2. The van der Waals surface area contributed by atoms with Crippen molar-refractivity contribution in [2.75, 3.05) is 146 Å². The number of hydrogen-bond donors (Lipinski definition) is 4. The summed E-state index contributed by atoms with van der Waals surface area (Å²) in [5, 5.41) is 27.9. The normalized spacial score (nSPS) is 19.7. The van der Waals surface area contributed by atoms with Crippen molar-refractivity contribution in [3.05, 3.63) is 233 Å². The van der Waals surface area contributed by atoms with Crippen molar-refractivity contribution < 1.29 is 45.7 Å². The number of aromatic amines is 2. The van der Waals surface area contributed by atoms with E-state index in [1.54, 1.807) is 67.3 Å². The van der Waals surface area contributed by atoms with Crippen molar-refractivity contribution in [3.63, 3.8) is 0 Å². The molecule has 18 rings (SSSR count). The summed E-state index contributed by atoms with van der Waals surface area (Å²) in [5.41, 5.74) is 12.3. The molecule has 27 nitrogen and oxygen atoms in total. The topological polar surface area (TPSA) is 311 Å². The first-order chi connectivity index (χ1) is 62.4. The van der Waals surface area contributed by atoms with Gasteiger partial charge in [-0.05, 0) is 227 Å². The number of carbonyl (C=O) groups is 2. The molecule has 0 radical (unpaired) electrons. The number of benzene rings is 6. The summed E-state index contributed by atoms with van der Waals surface area (Å²) in [4.78, 5) is 84.2. The van der Waals surface area contributed by atoms with E-state index in [-0.39, 0.29) is 66.5 Å². The Balaban J connectivity index is 0.000000182. The predicted molar refractivity (Wildman–Crippen MR) is 515 cm³/mol. The Kier molecular flexibility index (Phi) is 27.9. The highest BCUT2D eigenvalue weighted by atomic mass is 35.5. The minimum Gasteiger partial charge on any atom is -0.455 e. The maximum absolute atomic E-state index is 14.1. The first-order valence-corrected chi connectivity index (χ1v) is 50.7. The molecule has 33 heteroatoms. The molecule has 0 unspecified atom stereocenters. The van der Waals surface area contributed by atoms with Crippen molar-refractivity contribution in [3.8, 4) is 23.0 Å². The number of carbonyl (C=O) groups excluding carboxylic acids is 2. The second kappa shape index (κ2) is 39.5. The average Bonchev–Trinajstić information content (AvgIpc) is 1.00. The fraction of sp³-hybridized carbons (Fsp3) is 0.423. The van der Waals surface area contributed by atoms with E-state index in [1.807, 2.05) is 42.5 Å². The van der Waals surface area contributed by atoms with Gasteiger partial charge in [0.25, 0.3) is 43.2 Å². The number of hydrogen-bond acceptors (Lipinski definition) is 23. The molecule has 130 heavy (non-hydrogen) atoms. The van der Waals surface area contributed by atoms with Crippen LogP contribution in [0.15, 0.2) is 189 Å². The third-order valence-corrected chi connectivity index (χ3v) is 32.6. The monoisotopic (exact) mass is 1880 g/mol. The molecular formula is C97H111Cl2N15O12S4. The summed E-state index contributed by atoms with van der Waals surface area (Å²) in [6.07, 6.45) is 18.6. The van der Waals surface area contributed by atoms with Crippen molar-refractivity contribution in [2.24, 2.45) is 22.7 Å². The van der Waals surface area contributed by atoms with Crippen molar-refractivity contribution in [1.29, 1.82) is 0 Å². The number of allylic oxidation sites excluding steroid dienone is 2. The number of halogens is 2. The molecule has 2 amide bonds. The number of likely N-dealkylation sites (N-methyl/N-ethyl adjacent to an activating group) is 1. The fourth-order valence-electron chi connectivity index (χ4n) is 19.3. The lowest BCUT2D eigenvalue weighted by molar-refractivity contribution is -0.386. The smallest absolute Gasteiger partial charge is 0.275 e. The highest BCUT2D eigenvalue weighted by Gasteiger charge is 2.38. The second-order valence-corrected chi connectivity index (χ2v) is 43.8. The third-order valence-electron chi connectivity index (χ3n) is 26.8. The Morgan fingerprint density at radius 2 is 0.954 bits per heavy atom. The number of amides is 2. The van der Waals surface area contributed by atoms with Gasteiger partial charge in [-0.15, -0.1) is 23.5 Å². The number of piperazine rings is 3. The number of aromatic nitrogens is 4. The molecule has 2 aliphatic carbocycles. The van der Waals surface area contributed by atoms with Crippen LogP contribution in [-0.2, 0) is 32.9 Å². The van der Waals surface area contributed by atoms with Crippen LogP contribution < -0.4 is 28.7 Å². The third kappa shape index (κ3) is 22.0. The molecule has 4 saturated heterocycles. The number of nitrogens with zero attached hydrogens (tertiary/aromatic N) is 11. The zero-order chi connectivity index (χ0) is 90.8. The lowest BCUT2D eigenvalue weighted by Crippen LogP contribution is -2.47. The van der Waals surface area contributed by atoms with E-state index in [0.717, 1.165) is 213 Å².